The maximum absolute atomic E-state index is 12.4. The molecule has 3 aromatic carbocycles. The van der Waals surface area contributed by atoms with E-state index in [0.29, 0.717) is 36.7 Å². The number of aryl methyl sites for hydroxylation is 1. The Morgan fingerprint density at radius 1 is 1.00 bits per heavy atom. The lowest BCUT2D eigenvalue weighted by Crippen LogP contribution is -2.11. The van der Waals surface area contributed by atoms with E-state index in [9.17, 15) is 4.79 Å². The number of carbonyl (C=O) groups is 1. The molecule has 1 aromatic heterocycles. The van der Waals surface area contributed by atoms with E-state index < -0.39 is 0 Å². The Bertz CT molecular complexity index is 1280. The van der Waals surface area contributed by atoms with Gasteiger partial charge in [-0.3, -0.25) is 4.79 Å². The van der Waals surface area contributed by atoms with E-state index in [4.69, 9.17) is 9.26 Å². The lowest BCUT2D eigenvalue weighted by Gasteiger charge is -2.07. The van der Waals surface area contributed by atoms with Gasteiger partial charge in [0, 0.05) is 18.5 Å². The average molecular weight is 425 g/mol. The predicted molar refractivity (Wildman–Crippen MR) is 123 cm³/mol. The van der Waals surface area contributed by atoms with Crippen molar-refractivity contribution in [3.63, 3.8) is 0 Å². The van der Waals surface area contributed by atoms with Crippen molar-refractivity contribution in [2.45, 2.75) is 25.7 Å². The number of methoxy groups -OCH3 is 1. The molecule has 160 valence electrons. The molecule has 1 heterocycles. The number of benzene rings is 3. The summed E-state index contributed by atoms with van der Waals surface area (Å²) in [4.78, 5) is 16.9. The molecule has 6 heteroatoms. The fourth-order valence-corrected chi connectivity index (χ4v) is 4.14. The molecule has 0 saturated carbocycles. The first-order chi connectivity index (χ1) is 15.7. The highest BCUT2D eigenvalue weighted by molar-refractivity contribution is 5.91. The van der Waals surface area contributed by atoms with E-state index in [1.807, 2.05) is 30.3 Å². The van der Waals surface area contributed by atoms with Gasteiger partial charge in [0.2, 0.25) is 17.6 Å². The van der Waals surface area contributed by atoms with Crippen molar-refractivity contribution in [3.05, 3.63) is 83.7 Å². The van der Waals surface area contributed by atoms with Crippen LogP contribution in [0.5, 0.6) is 5.75 Å². The number of nitrogens with one attached hydrogen (secondary N) is 1. The summed E-state index contributed by atoms with van der Waals surface area (Å²) < 4.78 is 10.7. The number of nitrogens with zero attached hydrogens (tertiary/aromatic N) is 2. The topological polar surface area (TPSA) is 77.2 Å². The zero-order chi connectivity index (χ0) is 21.9. The minimum absolute atomic E-state index is 0.0232. The van der Waals surface area contributed by atoms with Crippen LogP contribution >= 0.6 is 0 Å². The first-order valence-corrected chi connectivity index (χ1v) is 10.7. The smallest absolute Gasteiger partial charge is 0.226 e. The Morgan fingerprint density at radius 2 is 1.78 bits per heavy atom. The molecular weight excluding hydrogens is 402 g/mol. The Kier molecular flexibility index (Phi) is 5.42. The summed E-state index contributed by atoms with van der Waals surface area (Å²) in [7, 11) is 1.61. The van der Waals surface area contributed by atoms with Gasteiger partial charge in [-0.05, 0) is 59.4 Å². The van der Waals surface area contributed by atoms with Crippen molar-refractivity contribution in [1.82, 2.24) is 10.1 Å². The fraction of sp³-hybridized carbons (Fsp3) is 0.192. The van der Waals surface area contributed by atoms with Gasteiger partial charge in [-0.25, -0.2) is 0 Å². The summed E-state index contributed by atoms with van der Waals surface area (Å²) in [6.45, 7) is 0. The molecule has 1 aliphatic rings. The SMILES string of the molecule is COc1ccccc1-c1noc(CCCC(=O)Nc2ccc3c(c2)Cc2ccccc2-3)n1. The van der Waals surface area contributed by atoms with Gasteiger partial charge in [0.05, 0.1) is 12.7 Å². The number of hydrogen-bond acceptors (Lipinski definition) is 5. The number of aromatic nitrogens is 2. The van der Waals surface area contributed by atoms with E-state index in [-0.39, 0.29) is 5.91 Å². The van der Waals surface area contributed by atoms with Crippen LogP contribution in [0, 0.1) is 0 Å². The largest absolute Gasteiger partial charge is 0.496 e. The number of fused-ring (bicyclic) bond motifs is 3. The van der Waals surface area contributed by atoms with E-state index in [1.165, 1.54) is 22.3 Å². The molecule has 0 aliphatic heterocycles. The van der Waals surface area contributed by atoms with Crippen LogP contribution in [-0.2, 0) is 17.6 Å². The molecule has 0 saturated heterocycles. The van der Waals surface area contributed by atoms with Crippen molar-refractivity contribution in [3.8, 4) is 28.3 Å². The third kappa shape index (κ3) is 3.99. The normalized spacial score (nSPS) is 11.7. The van der Waals surface area contributed by atoms with Crippen LogP contribution < -0.4 is 10.1 Å². The minimum atomic E-state index is -0.0232. The third-order valence-corrected chi connectivity index (χ3v) is 5.69. The molecule has 1 aliphatic carbocycles. The number of anilines is 1. The number of ether oxygens (including phenoxy) is 1. The van der Waals surface area contributed by atoms with Gasteiger partial charge in [0.1, 0.15) is 5.75 Å². The van der Waals surface area contributed by atoms with Crippen LogP contribution in [-0.4, -0.2) is 23.2 Å². The number of hydrogen-bond donors (Lipinski definition) is 1. The van der Waals surface area contributed by atoms with Crippen molar-refractivity contribution in [1.29, 1.82) is 0 Å². The molecular formula is C26H23N3O3. The average Bonchev–Trinajstić information content (AvgIpc) is 3.43. The Hall–Kier alpha value is -3.93. The van der Waals surface area contributed by atoms with Crippen molar-refractivity contribution in [2.75, 3.05) is 12.4 Å². The molecule has 0 atom stereocenters. The number of amides is 1. The van der Waals surface area contributed by atoms with E-state index >= 15 is 0 Å². The number of rotatable bonds is 7. The summed E-state index contributed by atoms with van der Waals surface area (Å²) in [6.07, 6.45) is 2.44. The quantitative estimate of drug-likeness (QED) is 0.384. The Morgan fingerprint density at radius 3 is 2.66 bits per heavy atom. The highest BCUT2D eigenvalue weighted by atomic mass is 16.5. The summed E-state index contributed by atoms with van der Waals surface area (Å²) in [6, 6.07) is 22.1. The zero-order valence-corrected chi connectivity index (χ0v) is 17.8. The molecule has 32 heavy (non-hydrogen) atoms. The monoisotopic (exact) mass is 425 g/mol. The second kappa shape index (κ2) is 8.67. The lowest BCUT2D eigenvalue weighted by atomic mass is 10.1. The maximum atomic E-state index is 12.4. The van der Waals surface area contributed by atoms with Crippen LogP contribution in [0.2, 0.25) is 0 Å². The highest BCUT2D eigenvalue weighted by Crippen LogP contribution is 2.37. The van der Waals surface area contributed by atoms with Gasteiger partial charge in [0.15, 0.2) is 0 Å². The number of carbonyl (C=O) groups excluding carboxylic acids is 1. The van der Waals surface area contributed by atoms with Crippen LogP contribution in [0.15, 0.2) is 71.3 Å². The summed E-state index contributed by atoms with van der Waals surface area (Å²) in [5, 5.41) is 7.05. The first kappa shape index (κ1) is 20.0. The maximum Gasteiger partial charge on any atom is 0.226 e. The Labute approximate surface area is 186 Å². The number of para-hydroxylation sites is 1. The summed E-state index contributed by atoms with van der Waals surface area (Å²) in [5.74, 6) is 1.66. The molecule has 5 rings (SSSR count). The molecule has 0 unspecified atom stereocenters. The van der Waals surface area contributed by atoms with Crippen molar-refractivity contribution in [2.24, 2.45) is 0 Å². The second-order valence-corrected chi connectivity index (χ2v) is 7.82. The van der Waals surface area contributed by atoms with E-state index in [1.54, 1.807) is 7.11 Å². The van der Waals surface area contributed by atoms with Crippen molar-refractivity contribution >= 4 is 11.6 Å². The van der Waals surface area contributed by atoms with Crippen LogP contribution in [0.3, 0.4) is 0 Å². The third-order valence-electron chi connectivity index (χ3n) is 5.69. The van der Waals surface area contributed by atoms with Crippen molar-refractivity contribution < 1.29 is 14.1 Å². The molecule has 0 fully saturated rings. The lowest BCUT2D eigenvalue weighted by molar-refractivity contribution is -0.116. The molecule has 0 radical (unpaired) electrons. The summed E-state index contributed by atoms with van der Waals surface area (Å²) in [5.41, 5.74) is 6.73. The van der Waals surface area contributed by atoms with E-state index in [2.05, 4.69) is 51.9 Å². The molecule has 0 bridgehead atoms. The van der Waals surface area contributed by atoms with Gasteiger partial charge in [-0.2, -0.15) is 4.98 Å². The fourth-order valence-electron chi connectivity index (χ4n) is 4.14. The van der Waals surface area contributed by atoms with Gasteiger partial charge < -0.3 is 14.6 Å². The first-order valence-electron chi connectivity index (χ1n) is 10.7. The second-order valence-electron chi connectivity index (χ2n) is 7.82. The molecule has 6 nitrogen and oxygen atoms in total. The van der Waals surface area contributed by atoms with Crippen LogP contribution in [0.25, 0.3) is 22.5 Å². The predicted octanol–water partition coefficient (Wildman–Crippen LogP) is 5.28. The standard InChI is InChI=1S/C26H23N3O3/c1-31-23-10-5-4-9-22(23)26-28-25(32-29-26)12-6-11-24(30)27-19-13-14-21-18(16-19)15-17-7-2-3-8-20(17)21/h2-5,7-10,13-14,16H,6,11-12,15H2,1H3,(H,27,30). The van der Waals surface area contributed by atoms with Crippen LogP contribution in [0.1, 0.15) is 29.9 Å². The molecule has 0 spiro atoms. The minimum Gasteiger partial charge on any atom is -0.496 e. The van der Waals surface area contributed by atoms with Crippen LogP contribution in [0.4, 0.5) is 5.69 Å². The van der Waals surface area contributed by atoms with E-state index in [0.717, 1.165) is 17.7 Å². The van der Waals surface area contributed by atoms with Gasteiger partial charge in [-0.15, -0.1) is 0 Å². The zero-order valence-electron chi connectivity index (χ0n) is 17.8. The molecule has 1 amide bonds. The Balaban J connectivity index is 1.16. The van der Waals surface area contributed by atoms with Gasteiger partial charge >= 0.3 is 0 Å². The van der Waals surface area contributed by atoms with Gasteiger partial charge in [-0.1, -0.05) is 47.6 Å². The van der Waals surface area contributed by atoms with Gasteiger partial charge in [0.25, 0.3) is 0 Å². The molecule has 4 aromatic rings. The molecule has 1 N–H and O–H groups in total. The highest BCUT2D eigenvalue weighted by Gasteiger charge is 2.18. The summed E-state index contributed by atoms with van der Waals surface area (Å²) >= 11 is 0.